The summed E-state index contributed by atoms with van der Waals surface area (Å²) in [6.07, 6.45) is 8.37. The van der Waals surface area contributed by atoms with Crippen LogP contribution >= 0.6 is 0 Å². The molecule has 0 radical (unpaired) electrons. The molecule has 0 spiro atoms. The van der Waals surface area contributed by atoms with Crippen LogP contribution in [-0.2, 0) is 0 Å². The van der Waals surface area contributed by atoms with Crippen molar-refractivity contribution in [3.63, 3.8) is 0 Å². The number of Topliss-reactive ketones (excluding diaryl/α,β-unsaturated/α-hetero) is 1. The molecular formula is C15H24N4O. The van der Waals surface area contributed by atoms with Crippen LogP contribution in [0, 0.1) is 11.8 Å². The monoisotopic (exact) mass is 276 g/mol. The summed E-state index contributed by atoms with van der Waals surface area (Å²) in [5.74, 6) is 1.14. The van der Waals surface area contributed by atoms with E-state index in [4.69, 9.17) is 0 Å². The predicted octanol–water partition coefficient (Wildman–Crippen LogP) is 2.21. The van der Waals surface area contributed by atoms with Crippen molar-refractivity contribution in [2.24, 2.45) is 11.8 Å². The zero-order valence-electron chi connectivity index (χ0n) is 12.2. The topological polar surface area (TPSA) is 59.8 Å². The van der Waals surface area contributed by atoms with Gasteiger partial charge in [-0.1, -0.05) is 25.0 Å². The Kier molecular flexibility index (Phi) is 4.15. The van der Waals surface area contributed by atoms with Crippen molar-refractivity contribution >= 4 is 5.78 Å². The second-order valence-corrected chi connectivity index (χ2v) is 6.39. The van der Waals surface area contributed by atoms with Crippen LogP contribution in [0.3, 0.4) is 0 Å². The minimum atomic E-state index is 0.171. The largest absolute Gasteiger partial charge is 0.317 e. The number of ketones is 1. The summed E-state index contributed by atoms with van der Waals surface area (Å²) in [6.45, 7) is 4.32. The molecule has 0 amide bonds. The van der Waals surface area contributed by atoms with Crippen LogP contribution in [0.4, 0.5) is 0 Å². The quantitative estimate of drug-likeness (QED) is 0.860. The highest BCUT2D eigenvalue weighted by Crippen LogP contribution is 2.30. The van der Waals surface area contributed by atoms with Crippen LogP contribution in [0.1, 0.15) is 62.0 Å². The van der Waals surface area contributed by atoms with Crippen molar-refractivity contribution in [1.82, 2.24) is 20.3 Å². The first-order valence-corrected chi connectivity index (χ1v) is 7.91. The van der Waals surface area contributed by atoms with Crippen LogP contribution in [-0.4, -0.2) is 33.9 Å². The van der Waals surface area contributed by atoms with Gasteiger partial charge >= 0.3 is 0 Å². The maximum atomic E-state index is 12.5. The number of piperidine rings is 1. The van der Waals surface area contributed by atoms with Gasteiger partial charge in [-0.3, -0.25) is 4.79 Å². The number of nitrogens with one attached hydrogen (secondary N) is 1. The number of carbonyl (C=O) groups is 1. The fourth-order valence-corrected chi connectivity index (χ4v) is 3.37. The van der Waals surface area contributed by atoms with E-state index < -0.39 is 0 Å². The number of carbonyl (C=O) groups excluding carboxylic acids is 1. The first-order valence-electron chi connectivity index (χ1n) is 7.91. The van der Waals surface area contributed by atoms with E-state index in [1.54, 1.807) is 0 Å². The van der Waals surface area contributed by atoms with Gasteiger partial charge in [-0.2, -0.15) is 0 Å². The van der Waals surface area contributed by atoms with E-state index in [1.165, 1.54) is 12.8 Å². The lowest BCUT2D eigenvalue weighted by atomic mass is 9.80. The van der Waals surface area contributed by atoms with E-state index in [0.717, 1.165) is 44.7 Å². The van der Waals surface area contributed by atoms with Crippen LogP contribution in [0.15, 0.2) is 6.20 Å². The molecule has 1 N–H and O–H groups in total. The molecule has 110 valence electrons. The van der Waals surface area contributed by atoms with Gasteiger partial charge in [0.05, 0.1) is 12.2 Å². The van der Waals surface area contributed by atoms with Crippen molar-refractivity contribution in [3.05, 3.63) is 11.9 Å². The van der Waals surface area contributed by atoms with Gasteiger partial charge in [-0.05, 0) is 44.7 Å². The molecule has 1 aromatic rings. The molecule has 1 aromatic heterocycles. The van der Waals surface area contributed by atoms with Gasteiger partial charge in [0.25, 0.3) is 0 Å². The van der Waals surface area contributed by atoms with Gasteiger partial charge < -0.3 is 5.32 Å². The summed E-state index contributed by atoms with van der Waals surface area (Å²) in [4.78, 5) is 12.5. The van der Waals surface area contributed by atoms with Gasteiger partial charge in [0.2, 0.25) is 0 Å². The molecule has 5 heteroatoms. The molecule has 0 aromatic carbocycles. The number of aromatic nitrogens is 3. The summed E-state index contributed by atoms with van der Waals surface area (Å²) >= 11 is 0. The molecule has 5 nitrogen and oxygen atoms in total. The third kappa shape index (κ3) is 2.92. The average Bonchev–Trinajstić information content (AvgIpc) is 2.98. The number of hydrogen-bond acceptors (Lipinski definition) is 4. The molecular weight excluding hydrogens is 252 g/mol. The second kappa shape index (κ2) is 6.04. The van der Waals surface area contributed by atoms with Crippen molar-refractivity contribution in [1.29, 1.82) is 0 Å². The Hall–Kier alpha value is -1.23. The predicted molar refractivity (Wildman–Crippen MR) is 76.6 cm³/mol. The van der Waals surface area contributed by atoms with Gasteiger partial charge in [-0.15, -0.1) is 5.10 Å². The zero-order chi connectivity index (χ0) is 13.9. The smallest absolute Gasteiger partial charge is 0.187 e. The highest BCUT2D eigenvalue weighted by molar-refractivity contribution is 5.95. The minimum absolute atomic E-state index is 0.171. The summed E-state index contributed by atoms with van der Waals surface area (Å²) in [5.41, 5.74) is 0.572. The Morgan fingerprint density at radius 2 is 1.90 bits per heavy atom. The van der Waals surface area contributed by atoms with Crippen molar-refractivity contribution < 1.29 is 4.79 Å². The Balaban J connectivity index is 1.65. The van der Waals surface area contributed by atoms with Gasteiger partial charge in [-0.25, -0.2) is 4.68 Å². The molecule has 2 heterocycles. The molecule has 1 aliphatic heterocycles. The van der Waals surface area contributed by atoms with E-state index in [0.29, 0.717) is 11.7 Å². The Morgan fingerprint density at radius 3 is 2.60 bits per heavy atom. The third-order valence-electron chi connectivity index (χ3n) is 4.83. The Labute approximate surface area is 120 Å². The van der Waals surface area contributed by atoms with E-state index in [1.807, 2.05) is 10.9 Å². The first kappa shape index (κ1) is 13.7. The van der Waals surface area contributed by atoms with Gasteiger partial charge in [0.1, 0.15) is 5.69 Å². The molecule has 20 heavy (non-hydrogen) atoms. The van der Waals surface area contributed by atoms with E-state index in [2.05, 4.69) is 22.6 Å². The van der Waals surface area contributed by atoms with Crippen molar-refractivity contribution in [2.45, 2.75) is 51.5 Å². The number of rotatable bonds is 3. The molecule has 0 bridgehead atoms. The van der Waals surface area contributed by atoms with Gasteiger partial charge in [0, 0.05) is 5.92 Å². The maximum absolute atomic E-state index is 12.5. The molecule has 0 atom stereocenters. The Morgan fingerprint density at radius 1 is 1.20 bits per heavy atom. The fraction of sp³-hybridized carbons (Fsp3) is 0.800. The molecule has 3 rings (SSSR count). The van der Waals surface area contributed by atoms with E-state index in [-0.39, 0.29) is 11.7 Å². The molecule has 1 saturated heterocycles. The number of hydrogen-bond donors (Lipinski definition) is 1. The van der Waals surface area contributed by atoms with Crippen LogP contribution in [0.2, 0.25) is 0 Å². The molecule has 0 unspecified atom stereocenters. The maximum Gasteiger partial charge on any atom is 0.187 e. The summed E-state index contributed by atoms with van der Waals surface area (Å²) in [5, 5.41) is 11.7. The van der Waals surface area contributed by atoms with Crippen LogP contribution in [0.5, 0.6) is 0 Å². The molecule has 2 aliphatic rings. The van der Waals surface area contributed by atoms with E-state index in [9.17, 15) is 4.79 Å². The second-order valence-electron chi connectivity index (χ2n) is 6.39. The first-order chi connectivity index (χ1) is 9.74. The average molecular weight is 276 g/mol. The SMILES string of the molecule is CC1CCC(C(=O)c2cn(C3CCNCC3)nn2)CC1. The lowest BCUT2D eigenvalue weighted by Gasteiger charge is -2.24. The lowest BCUT2D eigenvalue weighted by molar-refractivity contribution is 0.0870. The molecule has 1 aliphatic carbocycles. The standard InChI is InChI=1S/C15H24N4O/c1-11-2-4-12(5-3-11)15(20)14-10-19(18-17-14)13-6-8-16-9-7-13/h10-13,16H,2-9H2,1H3. The van der Waals surface area contributed by atoms with Crippen molar-refractivity contribution in [2.75, 3.05) is 13.1 Å². The fourth-order valence-electron chi connectivity index (χ4n) is 3.37. The molecule has 1 saturated carbocycles. The lowest BCUT2D eigenvalue weighted by Crippen LogP contribution is -2.29. The van der Waals surface area contributed by atoms with Crippen LogP contribution in [0.25, 0.3) is 0 Å². The number of nitrogens with zero attached hydrogens (tertiary/aromatic N) is 3. The molecule has 2 fully saturated rings. The van der Waals surface area contributed by atoms with E-state index >= 15 is 0 Å². The normalized spacial score (nSPS) is 28.4. The summed E-state index contributed by atoms with van der Waals surface area (Å²) < 4.78 is 1.90. The Bertz CT molecular complexity index is 456. The highest BCUT2D eigenvalue weighted by Gasteiger charge is 2.27. The highest BCUT2D eigenvalue weighted by atomic mass is 16.1. The van der Waals surface area contributed by atoms with Crippen LogP contribution < -0.4 is 5.32 Å². The summed E-state index contributed by atoms with van der Waals surface area (Å²) in [6, 6.07) is 0.400. The minimum Gasteiger partial charge on any atom is -0.317 e. The third-order valence-corrected chi connectivity index (χ3v) is 4.83. The zero-order valence-corrected chi connectivity index (χ0v) is 12.2. The summed E-state index contributed by atoms with van der Waals surface area (Å²) in [7, 11) is 0. The van der Waals surface area contributed by atoms with Gasteiger partial charge in [0.15, 0.2) is 5.78 Å². The van der Waals surface area contributed by atoms with Crippen molar-refractivity contribution in [3.8, 4) is 0 Å².